The van der Waals surface area contributed by atoms with Crippen LogP contribution in [0.15, 0.2) is 48.5 Å². The number of rotatable bonds is 3. The second kappa shape index (κ2) is 7.71. The van der Waals surface area contributed by atoms with E-state index in [0.29, 0.717) is 29.7 Å². The lowest BCUT2D eigenvalue weighted by Crippen LogP contribution is -2.35. The summed E-state index contributed by atoms with van der Waals surface area (Å²) >= 11 is 5.95. The van der Waals surface area contributed by atoms with Crippen LogP contribution in [0.4, 0.5) is 4.39 Å². The number of aromatic nitrogens is 1. The largest absolute Gasteiger partial charge is 0.350 e. The van der Waals surface area contributed by atoms with Crippen molar-refractivity contribution in [3.8, 4) is 0 Å². The van der Waals surface area contributed by atoms with Crippen molar-refractivity contribution in [2.45, 2.75) is 13.0 Å². The number of carbonyl (C=O) groups is 1. The molecular weight excluding hydrogens is 365 g/mol. The number of hydrogen-bond acceptors (Lipinski definition) is 2. The molecule has 0 saturated carbocycles. The molecule has 1 aromatic heterocycles. The van der Waals surface area contributed by atoms with Crippen LogP contribution in [-0.4, -0.2) is 46.9 Å². The van der Waals surface area contributed by atoms with Crippen LogP contribution in [-0.2, 0) is 6.54 Å². The van der Waals surface area contributed by atoms with Crippen LogP contribution in [0.2, 0.25) is 5.02 Å². The number of fused-ring (bicyclic) bond motifs is 1. The Bertz CT molecular complexity index is 954. The third-order valence-corrected chi connectivity index (χ3v) is 5.29. The minimum absolute atomic E-state index is 0.0704. The van der Waals surface area contributed by atoms with Crippen molar-refractivity contribution >= 4 is 28.4 Å². The average molecular weight is 386 g/mol. The summed E-state index contributed by atoms with van der Waals surface area (Å²) in [6, 6.07) is 14.3. The van der Waals surface area contributed by atoms with E-state index in [2.05, 4.69) is 9.88 Å². The normalized spacial score (nSPS) is 15.9. The van der Waals surface area contributed by atoms with Crippen molar-refractivity contribution < 1.29 is 9.18 Å². The second-order valence-electron chi connectivity index (χ2n) is 6.93. The maximum Gasteiger partial charge on any atom is 0.270 e. The topological polar surface area (TPSA) is 39.3 Å². The molecule has 0 radical (unpaired) electrons. The van der Waals surface area contributed by atoms with Gasteiger partial charge in [-0.25, -0.2) is 4.39 Å². The van der Waals surface area contributed by atoms with E-state index in [4.69, 9.17) is 11.6 Å². The highest BCUT2D eigenvalue weighted by atomic mass is 35.5. The molecule has 3 aromatic rings. The van der Waals surface area contributed by atoms with Crippen molar-refractivity contribution in [3.63, 3.8) is 0 Å². The molecule has 0 atom stereocenters. The number of benzene rings is 2. The zero-order valence-corrected chi connectivity index (χ0v) is 15.7. The molecule has 1 saturated heterocycles. The first-order valence-electron chi connectivity index (χ1n) is 9.13. The minimum atomic E-state index is -0.312. The van der Waals surface area contributed by atoms with E-state index >= 15 is 0 Å². The van der Waals surface area contributed by atoms with Crippen LogP contribution in [0.3, 0.4) is 0 Å². The summed E-state index contributed by atoms with van der Waals surface area (Å²) in [4.78, 5) is 20.1. The van der Waals surface area contributed by atoms with Crippen molar-refractivity contribution in [3.05, 3.63) is 70.6 Å². The van der Waals surface area contributed by atoms with Gasteiger partial charge in [0.2, 0.25) is 0 Å². The molecule has 1 aliphatic heterocycles. The standard InChI is InChI=1S/C21H21ClFN3O/c22-16-7-5-15(6-8-16)14-25-9-2-10-26(12-11-25)21(27)20-13-17-18(23)3-1-4-19(17)24-20/h1,3-8,13,24H,2,9-12,14H2. The predicted octanol–water partition coefficient (Wildman–Crippen LogP) is 4.31. The van der Waals surface area contributed by atoms with Gasteiger partial charge >= 0.3 is 0 Å². The van der Waals surface area contributed by atoms with Crippen LogP contribution >= 0.6 is 11.6 Å². The lowest BCUT2D eigenvalue weighted by atomic mass is 10.2. The SMILES string of the molecule is O=C(c1cc2c(F)cccc2[nH]1)N1CCCN(Cc2ccc(Cl)cc2)CC1. The Labute approximate surface area is 162 Å². The number of nitrogens with zero attached hydrogens (tertiary/aromatic N) is 2. The molecule has 0 unspecified atom stereocenters. The van der Waals surface area contributed by atoms with Gasteiger partial charge in [0.05, 0.1) is 0 Å². The monoisotopic (exact) mass is 385 g/mol. The minimum Gasteiger partial charge on any atom is -0.350 e. The zero-order chi connectivity index (χ0) is 18.8. The molecule has 4 rings (SSSR count). The maximum atomic E-state index is 13.9. The quantitative estimate of drug-likeness (QED) is 0.729. The first-order valence-corrected chi connectivity index (χ1v) is 9.51. The van der Waals surface area contributed by atoms with Gasteiger partial charge in [0.15, 0.2) is 0 Å². The van der Waals surface area contributed by atoms with Crippen LogP contribution in [0.25, 0.3) is 10.9 Å². The molecule has 0 bridgehead atoms. The van der Waals surface area contributed by atoms with Gasteiger partial charge in [0.1, 0.15) is 11.5 Å². The number of H-pyrrole nitrogens is 1. The third kappa shape index (κ3) is 3.99. The van der Waals surface area contributed by atoms with Crippen LogP contribution in [0, 0.1) is 5.82 Å². The summed E-state index contributed by atoms with van der Waals surface area (Å²) in [7, 11) is 0. The molecule has 2 aromatic carbocycles. The third-order valence-electron chi connectivity index (χ3n) is 5.04. The number of nitrogens with one attached hydrogen (secondary N) is 1. The van der Waals surface area contributed by atoms with Crippen molar-refractivity contribution in [1.29, 1.82) is 0 Å². The highest BCUT2D eigenvalue weighted by Crippen LogP contribution is 2.20. The van der Waals surface area contributed by atoms with Gasteiger partial charge < -0.3 is 9.88 Å². The van der Waals surface area contributed by atoms with Crippen LogP contribution in [0.5, 0.6) is 0 Å². The first kappa shape index (κ1) is 18.0. The van der Waals surface area contributed by atoms with Gasteiger partial charge in [-0.3, -0.25) is 9.69 Å². The molecule has 6 heteroatoms. The fraction of sp³-hybridized carbons (Fsp3) is 0.286. The Morgan fingerprint density at radius 2 is 1.89 bits per heavy atom. The van der Waals surface area contributed by atoms with E-state index in [-0.39, 0.29) is 11.7 Å². The van der Waals surface area contributed by atoms with Crippen LogP contribution < -0.4 is 0 Å². The molecule has 2 heterocycles. The molecule has 1 amide bonds. The van der Waals surface area contributed by atoms with E-state index in [0.717, 1.165) is 31.1 Å². The fourth-order valence-electron chi connectivity index (χ4n) is 3.58. The molecule has 1 N–H and O–H groups in total. The van der Waals surface area contributed by atoms with Gasteiger partial charge in [-0.15, -0.1) is 0 Å². The van der Waals surface area contributed by atoms with Gasteiger partial charge in [0, 0.05) is 48.6 Å². The Morgan fingerprint density at radius 1 is 1.07 bits per heavy atom. The van der Waals surface area contributed by atoms with E-state index in [1.54, 1.807) is 18.2 Å². The Kier molecular flexibility index (Phi) is 5.14. The molecule has 140 valence electrons. The number of halogens is 2. The van der Waals surface area contributed by atoms with Crippen molar-refractivity contribution in [2.75, 3.05) is 26.2 Å². The summed E-state index contributed by atoms with van der Waals surface area (Å²) in [6.45, 7) is 3.95. The lowest BCUT2D eigenvalue weighted by molar-refractivity contribution is 0.0756. The van der Waals surface area contributed by atoms with E-state index in [1.807, 2.05) is 29.2 Å². The Balaban J connectivity index is 1.43. The molecule has 27 heavy (non-hydrogen) atoms. The number of hydrogen-bond donors (Lipinski definition) is 1. The highest BCUT2D eigenvalue weighted by Gasteiger charge is 2.22. The van der Waals surface area contributed by atoms with E-state index < -0.39 is 0 Å². The fourth-order valence-corrected chi connectivity index (χ4v) is 3.71. The molecule has 1 fully saturated rings. The smallest absolute Gasteiger partial charge is 0.270 e. The summed E-state index contributed by atoms with van der Waals surface area (Å²) in [5.41, 5.74) is 2.31. The van der Waals surface area contributed by atoms with Gasteiger partial charge in [0.25, 0.3) is 5.91 Å². The summed E-state index contributed by atoms with van der Waals surface area (Å²) in [5, 5.41) is 1.20. The zero-order valence-electron chi connectivity index (χ0n) is 14.9. The second-order valence-corrected chi connectivity index (χ2v) is 7.37. The van der Waals surface area contributed by atoms with Crippen molar-refractivity contribution in [2.24, 2.45) is 0 Å². The highest BCUT2D eigenvalue weighted by molar-refractivity contribution is 6.30. The van der Waals surface area contributed by atoms with Gasteiger partial charge in [-0.1, -0.05) is 29.8 Å². The number of amides is 1. The summed E-state index contributed by atoms with van der Waals surface area (Å²) < 4.78 is 13.9. The number of carbonyl (C=O) groups excluding carboxylic acids is 1. The first-order chi connectivity index (χ1) is 13.1. The van der Waals surface area contributed by atoms with E-state index in [1.165, 1.54) is 11.6 Å². The maximum absolute atomic E-state index is 13.9. The molecule has 0 spiro atoms. The molecule has 4 nitrogen and oxygen atoms in total. The Morgan fingerprint density at radius 3 is 2.67 bits per heavy atom. The molecule has 0 aliphatic carbocycles. The average Bonchev–Trinajstić information content (AvgIpc) is 2.98. The van der Waals surface area contributed by atoms with Gasteiger partial charge in [-0.2, -0.15) is 0 Å². The predicted molar refractivity (Wildman–Crippen MR) is 106 cm³/mol. The van der Waals surface area contributed by atoms with Crippen LogP contribution in [0.1, 0.15) is 22.5 Å². The molecule has 1 aliphatic rings. The summed E-state index contributed by atoms with van der Waals surface area (Å²) in [5.74, 6) is -0.383. The number of aromatic amines is 1. The van der Waals surface area contributed by atoms with Crippen molar-refractivity contribution in [1.82, 2.24) is 14.8 Å². The van der Waals surface area contributed by atoms with E-state index in [9.17, 15) is 9.18 Å². The lowest BCUT2D eigenvalue weighted by Gasteiger charge is -2.21. The van der Waals surface area contributed by atoms with Gasteiger partial charge in [-0.05, 0) is 42.3 Å². The molecular formula is C21H21ClFN3O. The Hall–Kier alpha value is -2.37. The summed E-state index contributed by atoms with van der Waals surface area (Å²) in [6.07, 6.45) is 0.911.